The van der Waals surface area contributed by atoms with Crippen molar-refractivity contribution in [2.75, 3.05) is 26.8 Å². The van der Waals surface area contributed by atoms with Crippen LogP contribution in [0, 0.1) is 11.7 Å². The Morgan fingerprint density at radius 2 is 2.37 bits per heavy atom. The van der Waals surface area contributed by atoms with E-state index >= 15 is 0 Å². The summed E-state index contributed by atoms with van der Waals surface area (Å²) in [4.78, 5) is 14.1. The number of halogens is 1. The number of carbonyl (C=O) groups excluding carboxylic acids is 1. The summed E-state index contributed by atoms with van der Waals surface area (Å²) in [6.45, 7) is 2.25. The largest absolute Gasteiger partial charge is 0.384 e. The number of hydrogen-bond acceptors (Lipinski definition) is 2. The molecule has 0 radical (unpaired) electrons. The predicted molar refractivity (Wildman–Crippen MR) is 71.3 cm³/mol. The van der Waals surface area contributed by atoms with Crippen molar-refractivity contribution >= 4 is 5.91 Å². The normalized spacial score (nSPS) is 19.5. The van der Waals surface area contributed by atoms with E-state index < -0.39 is 0 Å². The van der Waals surface area contributed by atoms with Crippen LogP contribution >= 0.6 is 0 Å². The number of amides is 1. The average molecular weight is 265 g/mol. The smallest absolute Gasteiger partial charge is 0.227 e. The zero-order chi connectivity index (χ0) is 13.7. The molecule has 0 saturated carbocycles. The van der Waals surface area contributed by atoms with Crippen LogP contribution in [0.15, 0.2) is 24.3 Å². The molecule has 1 aliphatic rings. The summed E-state index contributed by atoms with van der Waals surface area (Å²) in [7, 11) is 1.69. The molecule has 0 bridgehead atoms. The number of benzene rings is 1. The average Bonchev–Trinajstić information content (AvgIpc) is 2.39. The van der Waals surface area contributed by atoms with E-state index in [4.69, 9.17) is 4.74 Å². The van der Waals surface area contributed by atoms with Gasteiger partial charge in [-0.2, -0.15) is 0 Å². The second-order valence-electron chi connectivity index (χ2n) is 5.11. The van der Waals surface area contributed by atoms with Crippen molar-refractivity contribution in [1.82, 2.24) is 4.90 Å². The van der Waals surface area contributed by atoms with E-state index in [-0.39, 0.29) is 18.1 Å². The van der Waals surface area contributed by atoms with Crippen molar-refractivity contribution in [2.24, 2.45) is 5.92 Å². The Hall–Kier alpha value is -1.42. The van der Waals surface area contributed by atoms with Crippen LogP contribution in [0.1, 0.15) is 18.4 Å². The summed E-state index contributed by atoms with van der Waals surface area (Å²) in [5.41, 5.74) is 0.735. The first-order valence-corrected chi connectivity index (χ1v) is 6.70. The van der Waals surface area contributed by atoms with E-state index in [0.29, 0.717) is 12.5 Å². The van der Waals surface area contributed by atoms with Gasteiger partial charge in [0.1, 0.15) is 5.82 Å². The van der Waals surface area contributed by atoms with Crippen molar-refractivity contribution in [3.8, 4) is 0 Å². The van der Waals surface area contributed by atoms with Crippen molar-refractivity contribution in [3.05, 3.63) is 35.6 Å². The van der Waals surface area contributed by atoms with Crippen LogP contribution in [0.5, 0.6) is 0 Å². The number of nitrogens with zero attached hydrogens (tertiary/aromatic N) is 1. The Balaban J connectivity index is 1.92. The third-order valence-electron chi connectivity index (χ3n) is 3.52. The number of rotatable bonds is 4. The monoisotopic (exact) mass is 265 g/mol. The minimum absolute atomic E-state index is 0.0754. The van der Waals surface area contributed by atoms with Crippen LogP contribution in [0.25, 0.3) is 0 Å². The first kappa shape index (κ1) is 14.0. The Labute approximate surface area is 113 Å². The fourth-order valence-electron chi connectivity index (χ4n) is 2.60. The van der Waals surface area contributed by atoms with Gasteiger partial charge in [0.05, 0.1) is 13.0 Å². The molecule has 1 aromatic carbocycles. The van der Waals surface area contributed by atoms with Crippen molar-refractivity contribution in [2.45, 2.75) is 19.3 Å². The van der Waals surface area contributed by atoms with E-state index in [1.54, 1.807) is 19.2 Å². The second kappa shape index (κ2) is 6.66. The molecule has 1 heterocycles. The van der Waals surface area contributed by atoms with Gasteiger partial charge in [-0.15, -0.1) is 0 Å². The molecule has 1 fully saturated rings. The lowest BCUT2D eigenvalue weighted by Crippen LogP contribution is -2.41. The van der Waals surface area contributed by atoms with Crippen LogP contribution < -0.4 is 0 Å². The topological polar surface area (TPSA) is 29.5 Å². The molecule has 1 atom stereocenters. The highest BCUT2D eigenvalue weighted by Gasteiger charge is 2.23. The van der Waals surface area contributed by atoms with Gasteiger partial charge in [0.15, 0.2) is 0 Å². The lowest BCUT2D eigenvalue weighted by atomic mass is 9.98. The molecule has 4 heteroatoms. The standard InChI is InChI=1S/C15H20FNO2/c1-19-11-13-5-3-7-17(10-13)15(18)9-12-4-2-6-14(16)8-12/h2,4,6,8,13H,3,5,7,9-11H2,1H3/t13-/m0/s1. The molecular weight excluding hydrogens is 245 g/mol. The van der Waals surface area contributed by atoms with Gasteiger partial charge in [-0.05, 0) is 36.5 Å². The fourth-order valence-corrected chi connectivity index (χ4v) is 2.60. The van der Waals surface area contributed by atoms with E-state index in [0.717, 1.165) is 31.5 Å². The molecule has 1 aliphatic heterocycles. The molecule has 0 N–H and O–H groups in total. The van der Waals surface area contributed by atoms with Gasteiger partial charge in [0.25, 0.3) is 0 Å². The maximum Gasteiger partial charge on any atom is 0.227 e. The first-order chi connectivity index (χ1) is 9.19. The maximum absolute atomic E-state index is 13.1. The minimum atomic E-state index is -0.291. The van der Waals surface area contributed by atoms with Crippen LogP contribution in [-0.2, 0) is 16.0 Å². The zero-order valence-electron chi connectivity index (χ0n) is 11.3. The summed E-state index contributed by atoms with van der Waals surface area (Å²) in [5, 5.41) is 0. The third-order valence-corrected chi connectivity index (χ3v) is 3.52. The fraction of sp³-hybridized carbons (Fsp3) is 0.533. The van der Waals surface area contributed by atoms with Crippen molar-refractivity contribution < 1.29 is 13.9 Å². The highest BCUT2D eigenvalue weighted by Crippen LogP contribution is 2.18. The van der Waals surface area contributed by atoms with Crippen LogP contribution in [-0.4, -0.2) is 37.6 Å². The lowest BCUT2D eigenvalue weighted by molar-refractivity contribution is -0.132. The molecule has 0 aromatic heterocycles. The van der Waals surface area contributed by atoms with E-state index in [9.17, 15) is 9.18 Å². The molecule has 3 nitrogen and oxygen atoms in total. The van der Waals surface area contributed by atoms with E-state index in [2.05, 4.69) is 0 Å². The van der Waals surface area contributed by atoms with Gasteiger partial charge in [0.2, 0.25) is 5.91 Å². The first-order valence-electron chi connectivity index (χ1n) is 6.70. The molecule has 0 aliphatic carbocycles. The Kier molecular flexibility index (Phi) is 4.91. The number of carbonyl (C=O) groups is 1. The number of likely N-dealkylation sites (tertiary alicyclic amines) is 1. The summed E-state index contributed by atoms with van der Waals surface area (Å²) in [6, 6.07) is 6.25. The van der Waals surface area contributed by atoms with Crippen molar-refractivity contribution in [1.29, 1.82) is 0 Å². The zero-order valence-corrected chi connectivity index (χ0v) is 11.3. The van der Waals surface area contributed by atoms with Crippen LogP contribution in [0.3, 0.4) is 0 Å². The summed E-state index contributed by atoms with van der Waals surface area (Å²) in [5.74, 6) is 0.211. The molecule has 1 aromatic rings. The molecule has 104 valence electrons. The number of hydrogen-bond donors (Lipinski definition) is 0. The molecule has 1 saturated heterocycles. The van der Waals surface area contributed by atoms with Gasteiger partial charge in [-0.25, -0.2) is 4.39 Å². The van der Waals surface area contributed by atoms with Crippen LogP contribution in [0.2, 0.25) is 0 Å². The molecule has 1 amide bonds. The summed E-state index contributed by atoms with van der Waals surface area (Å²) in [6.07, 6.45) is 2.40. The second-order valence-corrected chi connectivity index (χ2v) is 5.11. The Morgan fingerprint density at radius 3 is 3.11 bits per heavy atom. The minimum Gasteiger partial charge on any atom is -0.384 e. The molecule has 19 heavy (non-hydrogen) atoms. The van der Waals surface area contributed by atoms with E-state index in [1.165, 1.54) is 12.1 Å². The van der Waals surface area contributed by atoms with Gasteiger partial charge in [0, 0.05) is 20.2 Å². The van der Waals surface area contributed by atoms with Gasteiger partial charge >= 0.3 is 0 Å². The highest BCUT2D eigenvalue weighted by atomic mass is 19.1. The number of methoxy groups -OCH3 is 1. The van der Waals surface area contributed by atoms with Gasteiger partial charge < -0.3 is 9.64 Å². The highest BCUT2D eigenvalue weighted by molar-refractivity contribution is 5.78. The van der Waals surface area contributed by atoms with E-state index in [1.807, 2.05) is 4.90 Å². The number of piperidine rings is 1. The van der Waals surface area contributed by atoms with Gasteiger partial charge in [-0.3, -0.25) is 4.79 Å². The lowest BCUT2D eigenvalue weighted by Gasteiger charge is -2.32. The Morgan fingerprint density at radius 1 is 1.53 bits per heavy atom. The van der Waals surface area contributed by atoms with Crippen LogP contribution in [0.4, 0.5) is 4.39 Å². The third kappa shape index (κ3) is 4.03. The maximum atomic E-state index is 13.1. The number of ether oxygens (including phenoxy) is 1. The summed E-state index contributed by atoms with van der Waals surface area (Å²) < 4.78 is 18.2. The summed E-state index contributed by atoms with van der Waals surface area (Å²) >= 11 is 0. The predicted octanol–water partition coefficient (Wildman–Crippen LogP) is 2.25. The van der Waals surface area contributed by atoms with Crippen molar-refractivity contribution in [3.63, 3.8) is 0 Å². The Bertz CT molecular complexity index is 434. The SMILES string of the molecule is COC[C@H]1CCCN(C(=O)Cc2cccc(F)c2)C1. The quantitative estimate of drug-likeness (QED) is 0.835. The molecule has 0 spiro atoms. The molecule has 2 rings (SSSR count). The molecular formula is C15H20FNO2. The molecule has 0 unspecified atom stereocenters. The van der Waals surface area contributed by atoms with Gasteiger partial charge in [-0.1, -0.05) is 12.1 Å².